The van der Waals surface area contributed by atoms with Crippen LogP contribution in [0.3, 0.4) is 0 Å². The minimum atomic E-state index is -4.14. The van der Waals surface area contributed by atoms with Crippen LogP contribution in [0.2, 0.25) is 0 Å². The number of nitrogens with one attached hydrogen (secondary N) is 1. The van der Waals surface area contributed by atoms with Gasteiger partial charge in [0.25, 0.3) is 10.0 Å². The Hall–Kier alpha value is -3.95. The number of hydrogen-bond donors (Lipinski definition) is 1. The van der Waals surface area contributed by atoms with Gasteiger partial charge in [-0.05, 0) is 78.9 Å². The number of halogens is 1. The van der Waals surface area contributed by atoms with E-state index in [-0.39, 0.29) is 23.8 Å². The molecular weight excluding hydrogens is 638 g/mol. The standard InChI is InChI=1S/C35H38BrN3O4S/c1-4-18-37-35(41)33(23-28-12-7-5-8-13-28)38(24-29-14-11-15-30(36)22-29)34(40)25-39(31-20-26(2)19-27(3)21-31)44(42,43)32-16-9-6-10-17-32/h5-17,19-22,33H,4,18,23-25H2,1-3H3,(H,37,41). The predicted molar refractivity (Wildman–Crippen MR) is 179 cm³/mol. The highest BCUT2D eigenvalue weighted by atomic mass is 79.9. The Labute approximate surface area is 269 Å². The summed E-state index contributed by atoms with van der Waals surface area (Å²) in [5, 5.41) is 2.97. The van der Waals surface area contributed by atoms with E-state index in [1.54, 1.807) is 30.3 Å². The molecule has 9 heteroatoms. The molecule has 0 heterocycles. The maximum atomic E-state index is 14.5. The topological polar surface area (TPSA) is 86.8 Å². The third-order valence-electron chi connectivity index (χ3n) is 7.17. The number of amides is 2. The molecule has 0 aromatic heterocycles. The Morgan fingerprint density at radius 1 is 0.818 bits per heavy atom. The van der Waals surface area contributed by atoms with Crippen molar-refractivity contribution >= 4 is 43.5 Å². The molecule has 0 spiro atoms. The van der Waals surface area contributed by atoms with E-state index in [1.807, 2.05) is 81.4 Å². The van der Waals surface area contributed by atoms with Crippen LogP contribution in [0.25, 0.3) is 0 Å². The van der Waals surface area contributed by atoms with Gasteiger partial charge in [0.1, 0.15) is 12.6 Å². The first-order chi connectivity index (χ1) is 21.1. The molecule has 0 aliphatic carbocycles. The minimum absolute atomic E-state index is 0.0759. The lowest BCUT2D eigenvalue weighted by atomic mass is 10.0. The Bertz CT molecular complexity index is 1660. The first kappa shape index (κ1) is 33.0. The van der Waals surface area contributed by atoms with Crippen LogP contribution in [0.4, 0.5) is 5.69 Å². The van der Waals surface area contributed by atoms with Gasteiger partial charge in [-0.25, -0.2) is 8.42 Å². The molecule has 1 unspecified atom stereocenters. The van der Waals surface area contributed by atoms with Gasteiger partial charge in [0, 0.05) is 24.0 Å². The van der Waals surface area contributed by atoms with Crippen molar-refractivity contribution in [1.29, 1.82) is 0 Å². The molecule has 0 saturated carbocycles. The predicted octanol–water partition coefficient (Wildman–Crippen LogP) is 6.43. The molecule has 2 amide bonds. The lowest BCUT2D eigenvalue weighted by Crippen LogP contribution is -2.53. The van der Waals surface area contributed by atoms with Gasteiger partial charge in [0.2, 0.25) is 11.8 Å². The molecule has 1 N–H and O–H groups in total. The molecule has 7 nitrogen and oxygen atoms in total. The van der Waals surface area contributed by atoms with Crippen molar-refractivity contribution in [2.24, 2.45) is 0 Å². The van der Waals surface area contributed by atoms with Crippen LogP contribution in [0, 0.1) is 13.8 Å². The molecule has 0 radical (unpaired) electrons. The van der Waals surface area contributed by atoms with Gasteiger partial charge in [0.05, 0.1) is 10.6 Å². The third-order valence-corrected chi connectivity index (χ3v) is 9.45. The highest BCUT2D eigenvalue weighted by Gasteiger charge is 2.34. The summed E-state index contributed by atoms with van der Waals surface area (Å²) in [6, 6.07) is 29.7. The first-order valence-electron chi connectivity index (χ1n) is 14.6. The van der Waals surface area contributed by atoms with Crippen molar-refractivity contribution in [1.82, 2.24) is 10.2 Å². The smallest absolute Gasteiger partial charge is 0.264 e. The molecule has 4 aromatic rings. The number of hydrogen-bond acceptors (Lipinski definition) is 4. The average molecular weight is 677 g/mol. The lowest BCUT2D eigenvalue weighted by Gasteiger charge is -2.34. The van der Waals surface area contributed by atoms with Crippen molar-refractivity contribution in [3.8, 4) is 0 Å². The summed E-state index contributed by atoms with van der Waals surface area (Å²) in [6.45, 7) is 5.83. The lowest BCUT2D eigenvalue weighted by molar-refractivity contribution is -0.140. The van der Waals surface area contributed by atoms with Crippen LogP contribution in [0.1, 0.15) is 35.6 Å². The van der Waals surface area contributed by atoms with E-state index in [0.717, 1.165) is 37.5 Å². The van der Waals surface area contributed by atoms with Gasteiger partial charge < -0.3 is 10.2 Å². The van der Waals surface area contributed by atoms with Crippen LogP contribution in [-0.4, -0.2) is 44.3 Å². The third kappa shape index (κ3) is 8.57. The Balaban J connectivity index is 1.81. The second-order valence-electron chi connectivity index (χ2n) is 10.8. The van der Waals surface area contributed by atoms with E-state index in [4.69, 9.17) is 0 Å². The van der Waals surface area contributed by atoms with Crippen LogP contribution in [0.15, 0.2) is 112 Å². The fraction of sp³-hybridized carbons (Fsp3) is 0.257. The molecule has 4 aromatic carbocycles. The number of carbonyl (C=O) groups excluding carboxylic acids is 2. The van der Waals surface area contributed by atoms with E-state index in [9.17, 15) is 18.0 Å². The summed E-state index contributed by atoms with van der Waals surface area (Å²) >= 11 is 3.51. The zero-order valence-corrected chi connectivity index (χ0v) is 27.6. The van der Waals surface area contributed by atoms with Gasteiger partial charge in [-0.1, -0.05) is 89.6 Å². The molecule has 44 heavy (non-hydrogen) atoms. The zero-order valence-electron chi connectivity index (χ0n) is 25.2. The summed E-state index contributed by atoms with van der Waals surface area (Å²) in [5.41, 5.74) is 3.81. The largest absolute Gasteiger partial charge is 0.354 e. The monoisotopic (exact) mass is 675 g/mol. The first-order valence-corrected chi connectivity index (χ1v) is 16.8. The number of benzene rings is 4. The fourth-order valence-electron chi connectivity index (χ4n) is 5.10. The van der Waals surface area contributed by atoms with Crippen molar-refractivity contribution in [2.45, 2.75) is 51.1 Å². The number of sulfonamides is 1. The van der Waals surface area contributed by atoms with Gasteiger partial charge in [-0.15, -0.1) is 0 Å². The van der Waals surface area contributed by atoms with Crippen LogP contribution in [-0.2, 0) is 32.6 Å². The number of carbonyl (C=O) groups is 2. The highest BCUT2D eigenvalue weighted by molar-refractivity contribution is 9.10. The molecule has 4 rings (SSSR count). The van der Waals surface area contributed by atoms with Crippen molar-refractivity contribution in [3.05, 3.63) is 130 Å². The summed E-state index contributed by atoms with van der Waals surface area (Å²) < 4.78 is 30.2. The quantitative estimate of drug-likeness (QED) is 0.177. The molecule has 0 fully saturated rings. The van der Waals surface area contributed by atoms with E-state index in [0.29, 0.717) is 12.2 Å². The van der Waals surface area contributed by atoms with E-state index in [1.165, 1.54) is 17.0 Å². The summed E-state index contributed by atoms with van der Waals surface area (Å²) in [5.74, 6) is -0.779. The average Bonchev–Trinajstić information content (AvgIpc) is 3.00. The maximum absolute atomic E-state index is 14.5. The maximum Gasteiger partial charge on any atom is 0.264 e. The molecule has 230 valence electrons. The molecule has 0 aliphatic rings. The number of anilines is 1. The van der Waals surface area contributed by atoms with E-state index in [2.05, 4.69) is 21.2 Å². The number of aryl methyl sites for hydroxylation is 2. The van der Waals surface area contributed by atoms with E-state index < -0.39 is 28.5 Å². The van der Waals surface area contributed by atoms with Gasteiger partial charge >= 0.3 is 0 Å². The van der Waals surface area contributed by atoms with E-state index >= 15 is 0 Å². The second kappa shape index (κ2) is 15.2. The van der Waals surface area contributed by atoms with Crippen LogP contribution in [0.5, 0.6) is 0 Å². The molecular formula is C35H38BrN3O4S. The van der Waals surface area contributed by atoms with Gasteiger partial charge in [0.15, 0.2) is 0 Å². The SMILES string of the molecule is CCCNC(=O)C(Cc1ccccc1)N(Cc1cccc(Br)c1)C(=O)CN(c1cc(C)cc(C)c1)S(=O)(=O)c1ccccc1. The zero-order chi connectivity index (χ0) is 31.7. The Morgan fingerprint density at radius 2 is 1.43 bits per heavy atom. The van der Waals surface area contributed by atoms with Crippen molar-refractivity contribution < 1.29 is 18.0 Å². The van der Waals surface area contributed by atoms with Crippen LogP contribution < -0.4 is 9.62 Å². The Morgan fingerprint density at radius 3 is 2.05 bits per heavy atom. The summed E-state index contributed by atoms with van der Waals surface area (Å²) in [6.07, 6.45) is 1.00. The summed E-state index contributed by atoms with van der Waals surface area (Å²) in [7, 11) is -4.14. The molecule has 1 atom stereocenters. The number of nitrogens with zero attached hydrogens (tertiary/aromatic N) is 2. The Kier molecular flexibility index (Phi) is 11.4. The van der Waals surface area contributed by atoms with Gasteiger partial charge in [-0.2, -0.15) is 0 Å². The van der Waals surface area contributed by atoms with Crippen molar-refractivity contribution in [2.75, 3.05) is 17.4 Å². The second-order valence-corrected chi connectivity index (χ2v) is 13.6. The molecule has 0 bridgehead atoms. The van der Waals surface area contributed by atoms with Crippen molar-refractivity contribution in [3.63, 3.8) is 0 Å². The number of rotatable bonds is 13. The minimum Gasteiger partial charge on any atom is -0.354 e. The van der Waals surface area contributed by atoms with Crippen LogP contribution >= 0.6 is 15.9 Å². The molecule has 0 saturated heterocycles. The van der Waals surface area contributed by atoms with Gasteiger partial charge in [-0.3, -0.25) is 13.9 Å². The summed E-state index contributed by atoms with van der Waals surface area (Å²) in [4.78, 5) is 29.8. The normalized spacial score (nSPS) is 11.9. The highest BCUT2D eigenvalue weighted by Crippen LogP contribution is 2.27. The fourth-order valence-corrected chi connectivity index (χ4v) is 6.96. The molecule has 0 aliphatic heterocycles.